The van der Waals surface area contributed by atoms with Crippen LogP contribution in [0.15, 0.2) is 36.7 Å². The van der Waals surface area contributed by atoms with Gasteiger partial charge >= 0.3 is 0 Å². The minimum absolute atomic E-state index is 0. The molecule has 1 aliphatic heterocycles. The number of ether oxygens (including phenoxy) is 2. The van der Waals surface area contributed by atoms with Crippen molar-refractivity contribution in [2.24, 2.45) is 5.92 Å². The molecule has 1 aromatic heterocycles. The minimum atomic E-state index is -0.460. The molecule has 0 spiro atoms. The highest BCUT2D eigenvalue weighted by Gasteiger charge is 2.17. The topological polar surface area (TPSA) is 68.3 Å². The van der Waals surface area contributed by atoms with E-state index < -0.39 is 5.82 Å². The van der Waals surface area contributed by atoms with Gasteiger partial charge in [0.25, 0.3) is 0 Å². The largest absolute Gasteiger partial charge is 0.493 e. The van der Waals surface area contributed by atoms with Gasteiger partial charge in [0, 0.05) is 16.5 Å². The summed E-state index contributed by atoms with van der Waals surface area (Å²) in [6, 6.07) is 8.08. The molecule has 3 aromatic rings. The Kier molecular flexibility index (Phi) is 7.53. The summed E-state index contributed by atoms with van der Waals surface area (Å²) in [5.74, 6) is 1.76. The number of methoxy groups -OCH3 is 1. The lowest BCUT2D eigenvalue weighted by molar-refractivity contribution is 0.208. The third kappa shape index (κ3) is 5.03. The molecule has 1 aliphatic rings. The molecule has 1 fully saturated rings. The van der Waals surface area contributed by atoms with E-state index in [1.54, 1.807) is 19.2 Å². The highest BCUT2D eigenvalue weighted by molar-refractivity contribution is 6.30. The van der Waals surface area contributed by atoms with E-state index in [1.807, 2.05) is 12.1 Å². The highest BCUT2D eigenvalue weighted by Crippen LogP contribution is 2.35. The molecule has 2 heterocycles. The average molecular weight is 453 g/mol. The first-order chi connectivity index (χ1) is 14.1. The van der Waals surface area contributed by atoms with Crippen LogP contribution in [-0.4, -0.2) is 36.8 Å². The zero-order valence-electron chi connectivity index (χ0n) is 16.5. The van der Waals surface area contributed by atoms with Crippen molar-refractivity contribution >= 4 is 46.4 Å². The summed E-state index contributed by atoms with van der Waals surface area (Å²) in [5.41, 5.74) is 0.956. The molecular formula is C21H23Cl2FN4O2. The molecule has 1 saturated heterocycles. The van der Waals surface area contributed by atoms with Crippen LogP contribution in [0.25, 0.3) is 10.9 Å². The SMILES string of the molecule is COc1cc2c(Nc3ccc(Cl)cc3F)ncnc2cc1OCC1CCNCC1.Cl. The molecule has 2 aromatic carbocycles. The number of anilines is 2. The Bertz CT molecular complexity index is 1020. The molecule has 0 aliphatic carbocycles. The van der Waals surface area contributed by atoms with Gasteiger partial charge in [0.05, 0.1) is 24.9 Å². The first-order valence-corrected chi connectivity index (χ1v) is 9.90. The molecule has 0 bridgehead atoms. The summed E-state index contributed by atoms with van der Waals surface area (Å²) in [4.78, 5) is 8.60. The Morgan fingerprint density at radius 3 is 2.70 bits per heavy atom. The van der Waals surface area contributed by atoms with Gasteiger partial charge in [-0.2, -0.15) is 0 Å². The first kappa shape index (κ1) is 22.3. The summed E-state index contributed by atoms with van der Waals surface area (Å²) < 4.78 is 25.8. The Labute approximate surface area is 185 Å². The van der Waals surface area contributed by atoms with E-state index in [9.17, 15) is 4.39 Å². The van der Waals surface area contributed by atoms with Gasteiger partial charge in [-0.25, -0.2) is 14.4 Å². The van der Waals surface area contributed by atoms with E-state index in [0.29, 0.717) is 45.8 Å². The van der Waals surface area contributed by atoms with Crippen molar-refractivity contribution in [1.82, 2.24) is 15.3 Å². The second-order valence-corrected chi connectivity index (χ2v) is 7.43. The third-order valence-electron chi connectivity index (χ3n) is 5.04. The van der Waals surface area contributed by atoms with Crippen LogP contribution in [0.2, 0.25) is 5.02 Å². The van der Waals surface area contributed by atoms with E-state index in [2.05, 4.69) is 20.6 Å². The van der Waals surface area contributed by atoms with E-state index in [4.69, 9.17) is 21.1 Å². The summed E-state index contributed by atoms with van der Waals surface area (Å²) in [7, 11) is 1.59. The van der Waals surface area contributed by atoms with E-state index >= 15 is 0 Å². The molecule has 9 heteroatoms. The quantitative estimate of drug-likeness (QED) is 0.549. The third-order valence-corrected chi connectivity index (χ3v) is 5.27. The molecule has 0 amide bonds. The van der Waals surface area contributed by atoms with Gasteiger partial charge in [0.1, 0.15) is 18.0 Å². The fourth-order valence-electron chi connectivity index (χ4n) is 3.41. The van der Waals surface area contributed by atoms with Crippen molar-refractivity contribution in [2.75, 3.05) is 32.1 Å². The first-order valence-electron chi connectivity index (χ1n) is 9.52. The van der Waals surface area contributed by atoms with Crippen molar-refractivity contribution in [3.8, 4) is 11.5 Å². The van der Waals surface area contributed by atoms with Crippen molar-refractivity contribution in [3.63, 3.8) is 0 Å². The normalized spacial score (nSPS) is 14.2. The highest BCUT2D eigenvalue weighted by atomic mass is 35.5. The number of rotatable bonds is 6. The van der Waals surface area contributed by atoms with Gasteiger partial charge in [-0.15, -0.1) is 12.4 Å². The number of benzene rings is 2. The Hall–Kier alpha value is -2.35. The molecule has 160 valence electrons. The maximum atomic E-state index is 14.2. The summed E-state index contributed by atoms with van der Waals surface area (Å²) >= 11 is 5.83. The van der Waals surface area contributed by atoms with Crippen LogP contribution in [-0.2, 0) is 0 Å². The zero-order valence-corrected chi connectivity index (χ0v) is 18.0. The van der Waals surface area contributed by atoms with Crippen molar-refractivity contribution in [1.29, 1.82) is 0 Å². The number of hydrogen-bond donors (Lipinski definition) is 2. The predicted molar refractivity (Wildman–Crippen MR) is 119 cm³/mol. The van der Waals surface area contributed by atoms with Crippen LogP contribution >= 0.6 is 24.0 Å². The van der Waals surface area contributed by atoms with Crippen LogP contribution < -0.4 is 20.1 Å². The summed E-state index contributed by atoms with van der Waals surface area (Å²) in [6.07, 6.45) is 3.62. The lowest BCUT2D eigenvalue weighted by Crippen LogP contribution is -2.30. The fraction of sp³-hybridized carbons (Fsp3) is 0.333. The van der Waals surface area contributed by atoms with Crippen LogP contribution in [0.1, 0.15) is 12.8 Å². The predicted octanol–water partition coefficient (Wildman–Crippen LogP) is 4.97. The van der Waals surface area contributed by atoms with E-state index in [1.165, 1.54) is 12.4 Å². The van der Waals surface area contributed by atoms with Crippen molar-refractivity contribution in [2.45, 2.75) is 12.8 Å². The van der Waals surface area contributed by atoms with E-state index in [-0.39, 0.29) is 18.1 Å². The van der Waals surface area contributed by atoms with Gasteiger partial charge in [0.15, 0.2) is 11.5 Å². The molecule has 6 nitrogen and oxygen atoms in total. The van der Waals surface area contributed by atoms with Crippen LogP contribution in [0.4, 0.5) is 15.9 Å². The van der Waals surface area contributed by atoms with Gasteiger partial charge in [-0.3, -0.25) is 0 Å². The zero-order chi connectivity index (χ0) is 20.2. The van der Waals surface area contributed by atoms with Crippen molar-refractivity contribution < 1.29 is 13.9 Å². The lowest BCUT2D eigenvalue weighted by atomic mass is 9.99. The summed E-state index contributed by atoms with van der Waals surface area (Å²) in [6.45, 7) is 2.68. The standard InChI is InChI=1S/C21H22ClFN4O2.ClH/c1-28-19-9-15-18(10-20(19)29-11-13-4-6-24-7-5-13)25-12-26-21(15)27-17-3-2-14(22)8-16(17)23;/h2-3,8-10,12-13,24H,4-7,11H2,1H3,(H,25,26,27);1H. The second-order valence-electron chi connectivity index (χ2n) is 7.00. The minimum Gasteiger partial charge on any atom is -0.493 e. The van der Waals surface area contributed by atoms with Crippen LogP contribution in [0, 0.1) is 11.7 Å². The molecule has 0 unspecified atom stereocenters. The smallest absolute Gasteiger partial charge is 0.163 e. The van der Waals surface area contributed by atoms with Gasteiger partial charge < -0.3 is 20.1 Å². The number of hydrogen-bond acceptors (Lipinski definition) is 6. The van der Waals surface area contributed by atoms with Crippen molar-refractivity contribution in [3.05, 3.63) is 47.5 Å². The Morgan fingerprint density at radius 2 is 1.97 bits per heavy atom. The number of nitrogens with zero attached hydrogens (tertiary/aromatic N) is 2. The van der Waals surface area contributed by atoms with Crippen LogP contribution in [0.3, 0.4) is 0 Å². The van der Waals surface area contributed by atoms with Crippen LogP contribution in [0.5, 0.6) is 11.5 Å². The number of nitrogens with one attached hydrogen (secondary N) is 2. The molecule has 30 heavy (non-hydrogen) atoms. The second kappa shape index (κ2) is 10.1. The number of halogens is 3. The summed E-state index contributed by atoms with van der Waals surface area (Å²) in [5, 5.41) is 7.40. The van der Waals surface area contributed by atoms with Gasteiger partial charge in [-0.1, -0.05) is 11.6 Å². The Balaban J connectivity index is 0.00000256. The number of aromatic nitrogens is 2. The lowest BCUT2D eigenvalue weighted by Gasteiger charge is -2.23. The number of piperidine rings is 1. The molecule has 4 rings (SSSR count). The fourth-order valence-corrected chi connectivity index (χ4v) is 3.57. The molecule has 0 atom stereocenters. The molecule has 0 saturated carbocycles. The maximum Gasteiger partial charge on any atom is 0.163 e. The molecule has 0 radical (unpaired) electrons. The van der Waals surface area contributed by atoms with Gasteiger partial charge in [-0.05, 0) is 56.1 Å². The Morgan fingerprint density at radius 1 is 1.17 bits per heavy atom. The van der Waals surface area contributed by atoms with E-state index in [0.717, 1.165) is 25.9 Å². The average Bonchev–Trinajstić information content (AvgIpc) is 2.74. The number of fused-ring (bicyclic) bond motifs is 1. The molecular weight excluding hydrogens is 430 g/mol. The monoisotopic (exact) mass is 452 g/mol. The maximum absolute atomic E-state index is 14.2. The molecule has 2 N–H and O–H groups in total. The van der Waals surface area contributed by atoms with Gasteiger partial charge in [0.2, 0.25) is 0 Å².